The van der Waals surface area contributed by atoms with Gasteiger partial charge in [-0.15, -0.1) is 0 Å². The van der Waals surface area contributed by atoms with E-state index >= 15 is 0 Å². The minimum atomic E-state index is -0.654. The van der Waals surface area contributed by atoms with Crippen molar-refractivity contribution in [2.75, 3.05) is 0 Å². The summed E-state index contributed by atoms with van der Waals surface area (Å²) in [5.74, 6) is -3.38. The monoisotopic (exact) mass is 518 g/mol. The fraction of sp³-hybridized carbons (Fsp3) is 0.267. The number of benzene rings is 4. The van der Waals surface area contributed by atoms with Crippen LogP contribution in [0.1, 0.15) is 82.5 Å². The average Bonchev–Trinajstić information content (AvgIpc) is 2.83. The maximum atomic E-state index is 12.0. The summed E-state index contributed by atoms with van der Waals surface area (Å²) >= 11 is 0. The summed E-state index contributed by atoms with van der Waals surface area (Å²) < 4.78 is 0. The minimum Gasteiger partial charge on any atom is -0.507 e. The van der Waals surface area contributed by atoms with Crippen molar-refractivity contribution in [3.8, 4) is 45.6 Å². The molecule has 4 rings (SSSR count). The third kappa shape index (κ3) is 3.51. The number of aromatic hydroxyl groups is 6. The second-order valence-electron chi connectivity index (χ2n) is 10.3. The van der Waals surface area contributed by atoms with Gasteiger partial charge in [0.2, 0.25) is 0 Å². The van der Waals surface area contributed by atoms with Crippen LogP contribution in [0.5, 0.6) is 34.5 Å². The molecular weight excluding hydrogens is 488 g/mol. The van der Waals surface area contributed by atoms with Gasteiger partial charge >= 0.3 is 0 Å². The Bertz CT molecular complexity index is 1680. The molecule has 8 heteroatoms. The van der Waals surface area contributed by atoms with Crippen molar-refractivity contribution in [3.63, 3.8) is 0 Å². The Kier molecular flexibility index (Phi) is 6.39. The van der Waals surface area contributed by atoms with E-state index in [0.717, 1.165) is 0 Å². The molecule has 0 unspecified atom stereocenters. The molecule has 0 bridgehead atoms. The highest BCUT2D eigenvalue weighted by atomic mass is 16.3. The normalized spacial score (nSPS) is 11.7. The quantitative estimate of drug-likeness (QED) is 0.131. The van der Waals surface area contributed by atoms with Crippen molar-refractivity contribution in [1.82, 2.24) is 0 Å². The van der Waals surface area contributed by atoms with Gasteiger partial charge in [-0.2, -0.15) is 0 Å². The lowest BCUT2D eigenvalue weighted by molar-refractivity contribution is 0.111. The largest absolute Gasteiger partial charge is 0.507 e. The summed E-state index contributed by atoms with van der Waals surface area (Å²) in [7, 11) is 0. The zero-order valence-corrected chi connectivity index (χ0v) is 22.0. The molecular formula is C30H30O8. The number of carbonyl (C=O) groups excluding carboxylic acids is 2. The van der Waals surface area contributed by atoms with Crippen molar-refractivity contribution < 1.29 is 40.2 Å². The van der Waals surface area contributed by atoms with E-state index in [2.05, 4.69) is 0 Å². The molecule has 0 fully saturated rings. The topological polar surface area (TPSA) is 156 Å². The number of phenols is 6. The predicted molar refractivity (Wildman–Crippen MR) is 145 cm³/mol. The molecule has 0 aliphatic carbocycles. The van der Waals surface area contributed by atoms with E-state index < -0.39 is 23.0 Å². The van der Waals surface area contributed by atoms with Gasteiger partial charge in [0.15, 0.2) is 35.6 Å². The van der Waals surface area contributed by atoms with Crippen LogP contribution >= 0.6 is 0 Å². The number of rotatable bonds is 5. The molecule has 4 aromatic rings. The highest BCUT2D eigenvalue weighted by Crippen LogP contribution is 2.53. The number of carbonyl (C=O) groups is 2. The van der Waals surface area contributed by atoms with E-state index in [1.165, 1.54) is 6.07 Å². The molecule has 4 aromatic carbocycles. The smallest absolute Gasteiger partial charge is 0.169 e. The van der Waals surface area contributed by atoms with Gasteiger partial charge in [0.25, 0.3) is 0 Å². The zero-order chi connectivity index (χ0) is 28.4. The SMILES string of the molecule is Cc1cc2c(C(C)C)c(O)c(O)c(C=O)c2c(O)c1-c1c(O)cc2c(C=O)c(O)c(O)c(C(C)C)c2c1C. The molecule has 0 saturated heterocycles. The Morgan fingerprint density at radius 1 is 0.605 bits per heavy atom. The maximum absolute atomic E-state index is 12.0. The van der Waals surface area contributed by atoms with E-state index in [1.54, 1.807) is 47.6 Å². The highest BCUT2D eigenvalue weighted by molar-refractivity contribution is 6.13. The summed E-state index contributed by atoms with van der Waals surface area (Å²) in [6, 6.07) is 2.97. The number of hydrogen-bond acceptors (Lipinski definition) is 8. The molecule has 6 N–H and O–H groups in total. The Hall–Kier alpha value is -4.46. The number of aryl methyl sites for hydroxylation is 2. The first-order valence-electron chi connectivity index (χ1n) is 12.2. The first kappa shape index (κ1) is 26.6. The Morgan fingerprint density at radius 3 is 1.66 bits per heavy atom. The molecule has 0 aromatic heterocycles. The van der Waals surface area contributed by atoms with Crippen LogP contribution in [-0.2, 0) is 0 Å². The summed E-state index contributed by atoms with van der Waals surface area (Å²) in [6.45, 7) is 10.6. The Morgan fingerprint density at radius 2 is 1.13 bits per heavy atom. The van der Waals surface area contributed by atoms with Gasteiger partial charge < -0.3 is 30.6 Å². The van der Waals surface area contributed by atoms with Crippen LogP contribution in [0.25, 0.3) is 32.7 Å². The van der Waals surface area contributed by atoms with Crippen molar-refractivity contribution in [3.05, 3.63) is 45.5 Å². The summed E-state index contributed by atoms with van der Waals surface area (Å²) in [4.78, 5) is 23.9. The van der Waals surface area contributed by atoms with Gasteiger partial charge in [0.1, 0.15) is 11.5 Å². The number of fused-ring (bicyclic) bond motifs is 2. The summed E-state index contributed by atoms with van der Waals surface area (Å²) in [5.41, 5.74) is 1.51. The lowest BCUT2D eigenvalue weighted by Crippen LogP contribution is -2.01. The fourth-order valence-corrected chi connectivity index (χ4v) is 5.66. The van der Waals surface area contributed by atoms with Crippen LogP contribution in [0.4, 0.5) is 0 Å². The molecule has 8 nitrogen and oxygen atoms in total. The van der Waals surface area contributed by atoms with Crippen LogP contribution in [0.15, 0.2) is 12.1 Å². The van der Waals surface area contributed by atoms with Crippen LogP contribution in [-0.4, -0.2) is 43.2 Å². The van der Waals surface area contributed by atoms with Crippen LogP contribution in [0.3, 0.4) is 0 Å². The highest BCUT2D eigenvalue weighted by Gasteiger charge is 2.29. The molecule has 0 aliphatic heterocycles. The lowest BCUT2D eigenvalue weighted by Gasteiger charge is -2.23. The second-order valence-corrected chi connectivity index (χ2v) is 10.3. The van der Waals surface area contributed by atoms with Crippen LogP contribution in [0, 0.1) is 13.8 Å². The molecule has 0 radical (unpaired) electrons. The first-order chi connectivity index (χ1) is 17.8. The molecule has 0 aliphatic rings. The van der Waals surface area contributed by atoms with Gasteiger partial charge in [-0.1, -0.05) is 33.8 Å². The maximum Gasteiger partial charge on any atom is 0.169 e. The van der Waals surface area contributed by atoms with E-state index in [-0.39, 0.29) is 56.4 Å². The van der Waals surface area contributed by atoms with Crippen molar-refractivity contribution in [2.24, 2.45) is 0 Å². The summed E-state index contributed by atoms with van der Waals surface area (Å²) in [5, 5.41) is 66.4. The van der Waals surface area contributed by atoms with Crippen molar-refractivity contribution >= 4 is 34.1 Å². The second kappa shape index (κ2) is 9.13. The van der Waals surface area contributed by atoms with Gasteiger partial charge in [-0.05, 0) is 53.6 Å². The van der Waals surface area contributed by atoms with Crippen molar-refractivity contribution in [1.29, 1.82) is 0 Å². The van der Waals surface area contributed by atoms with Crippen LogP contribution < -0.4 is 0 Å². The molecule has 0 saturated carbocycles. The minimum absolute atomic E-state index is 0.0183. The zero-order valence-electron chi connectivity index (χ0n) is 22.0. The van der Waals surface area contributed by atoms with Gasteiger partial charge in [0, 0.05) is 33.0 Å². The van der Waals surface area contributed by atoms with Gasteiger partial charge in [0.05, 0.1) is 11.1 Å². The number of hydrogen-bond donors (Lipinski definition) is 6. The molecule has 198 valence electrons. The Labute approximate surface area is 219 Å². The fourth-order valence-electron chi connectivity index (χ4n) is 5.66. The molecule has 0 atom stereocenters. The molecule has 0 spiro atoms. The van der Waals surface area contributed by atoms with E-state index in [4.69, 9.17) is 0 Å². The molecule has 0 heterocycles. The predicted octanol–water partition coefficient (Wildman–Crippen LogP) is 6.38. The third-order valence-electron chi connectivity index (χ3n) is 7.28. The van der Waals surface area contributed by atoms with E-state index in [1.807, 2.05) is 0 Å². The lowest BCUT2D eigenvalue weighted by atomic mass is 9.82. The number of aldehydes is 2. The third-order valence-corrected chi connectivity index (χ3v) is 7.28. The molecule has 0 amide bonds. The van der Waals surface area contributed by atoms with Crippen molar-refractivity contribution in [2.45, 2.75) is 53.4 Å². The summed E-state index contributed by atoms with van der Waals surface area (Å²) in [6.07, 6.45) is 0.749. The van der Waals surface area contributed by atoms with Gasteiger partial charge in [-0.25, -0.2) is 0 Å². The van der Waals surface area contributed by atoms with E-state index in [9.17, 15) is 40.2 Å². The van der Waals surface area contributed by atoms with Crippen LogP contribution in [0.2, 0.25) is 0 Å². The number of phenolic OH excluding ortho intramolecular Hbond substituents is 6. The Balaban J connectivity index is 2.28. The van der Waals surface area contributed by atoms with Gasteiger partial charge in [-0.3, -0.25) is 9.59 Å². The average molecular weight is 519 g/mol. The standard InChI is InChI=1S/C30H30O8/c1-11(2)20-16-7-13(5)22(28(36)25(16)18(10-32)27(35)29(20)37)24-14(6)23-15(8-19(24)33)17(9-31)26(34)30(38)21(23)12(3)4/h7-12,33-38H,1-6H3. The van der Waals surface area contributed by atoms with E-state index in [0.29, 0.717) is 45.6 Å². The first-order valence-corrected chi connectivity index (χ1v) is 12.2. The molecule has 38 heavy (non-hydrogen) atoms.